The van der Waals surface area contributed by atoms with Crippen LogP contribution in [0.4, 0.5) is 5.82 Å². The zero-order chi connectivity index (χ0) is 13.4. The summed E-state index contributed by atoms with van der Waals surface area (Å²) in [5.74, 6) is 1.14. The molecule has 1 rings (SSSR count). The highest BCUT2D eigenvalue weighted by atomic mass is 15.0. The highest BCUT2D eigenvalue weighted by molar-refractivity contribution is 6.03. The quantitative estimate of drug-likeness (QED) is 0.537. The smallest absolute Gasteiger partial charge is 0.135 e. The first-order valence-electron chi connectivity index (χ1n) is 6.98. The molecule has 0 aliphatic heterocycles. The number of hydrogen-bond donors (Lipinski definition) is 2. The Morgan fingerprint density at radius 1 is 1.39 bits per heavy atom. The second-order valence-electron chi connectivity index (χ2n) is 4.76. The molecule has 18 heavy (non-hydrogen) atoms. The van der Waals surface area contributed by atoms with Crippen LogP contribution in [0, 0.1) is 11.3 Å². The number of nitrogens with zero attached hydrogens (tertiary/aromatic N) is 1. The van der Waals surface area contributed by atoms with Crippen molar-refractivity contribution >= 4 is 11.5 Å². The molecule has 1 aromatic heterocycles. The Bertz CT molecular complexity index is 374. The molecule has 0 saturated carbocycles. The predicted molar refractivity (Wildman–Crippen MR) is 78.5 cm³/mol. The average molecular weight is 247 g/mol. The van der Waals surface area contributed by atoms with Crippen molar-refractivity contribution in [3.05, 3.63) is 23.9 Å². The molecule has 0 fully saturated rings. The lowest BCUT2D eigenvalue weighted by Crippen LogP contribution is -2.15. The van der Waals surface area contributed by atoms with Crippen molar-refractivity contribution in [2.45, 2.75) is 46.5 Å². The summed E-state index contributed by atoms with van der Waals surface area (Å²) < 4.78 is 0. The zero-order valence-corrected chi connectivity index (χ0v) is 11.8. The summed E-state index contributed by atoms with van der Waals surface area (Å²) in [4.78, 5) is 4.36. The van der Waals surface area contributed by atoms with Crippen LogP contribution in [0.3, 0.4) is 0 Å². The third-order valence-corrected chi connectivity index (χ3v) is 3.28. The van der Waals surface area contributed by atoms with Gasteiger partial charge >= 0.3 is 0 Å². The first-order chi connectivity index (χ1) is 8.70. The van der Waals surface area contributed by atoms with Gasteiger partial charge in [0.2, 0.25) is 0 Å². The Labute approximate surface area is 111 Å². The normalized spacial score (nSPS) is 12.2. The van der Waals surface area contributed by atoms with E-state index < -0.39 is 0 Å². The fourth-order valence-corrected chi connectivity index (χ4v) is 1.81. The summed E-state index contributed by atoms with van der Waals surface area (Å²) in [5.41, 5.74) is 1.63. The third kappa shape index (κ3) is 4.13. The summed E-state index contributed by atoms with van der Waals surface area (Å²) in [6.07, 6.45) is 6.39. The van der Waals surface area contributed by atoms with E-state index in [1.807, 2.05) is 12.1 Å². The number of hydrogen-bond acceptors (Lipinski definition) is 3. The molecule has 100 valence electrons. The van der Waals surface area contributed by atoms with E-state index in [1.54, 1.807) is 6.20 Å². The van der Waals surface area contributed by atoms with Gasteiger partial charge in [0.05, 0.1) is 0 Å². The Balaban J connectivity index is 2.70. The second-order valence-corrected chi connectivity index (χ2v) is 4.76. The fourth-order valence-electron chi connectivity index (χ4n) is 1.81. The molecular formula is C15H25N3. The molecule has 2 N–H and O–H groups in total. The number of aromatic nitrogens is 1. The van der Waals surface area contributed by atoms with Crippen molar-refractivity contribution in [1.29, 1.82) is 5.41 Å². The maximum absolute atomic E-state index is 8.21. The first-order valence-corrected chi connectivity index (χ1v) is 6.98. The van der Waals surface area contributed by atoms with Crippen molar-refractivity contribution in [3.63, 3.8) is 0 Å². The third-order valence-electron chi connectivity index (χ3n) is 3.28. The summed E-state index contributed by atoms with van der Waals surface area (Å²) in [6.45, 7) is 7.34. The van der Waals surface area contributed by atoms with Gasteiger partial charge in [-0.25, -0.2) is 4.98 Å². The van der Waals surface area contributed by atoms with E-state index in [2.05, 4.69) is 31.1 Å². The van der Waals surface area contributed by atoms with Gasteiger partial charge in [-0.15, -0.1) is 0 Å². The maximum Gasteiger partial charge on any atom is 0.135 e. The number of anilines is 1. The van der Waals surface area contributed by atoms with E-state index in [1.165, 1.54) is 12.8 Å². The van der Waals surface area contributed by atoms with Gasteiger partial charge in [0.15, 0.2) is 0 Å². The van der Waals surface area contributed by atoms with Gasteiger partial charge in [0, 0.05) is 24.0 Å². The number of nitrogens with one attached hydrogen (secondary N) is 2. The van der Waals surface area contributed by atoms with Gasteiger partial charge < -0.3 is 10.7 Å². The van der Waals surface area contributed by atoms with Crippen LogP contribution in [0.2, 0.25) is 0 Å². The molecule has 0 aliphatic rings. The number of pyridine rings is 1. The molecule has 3 nitrogen and oxygen atoms in total. The number of rotatable bonds is 8. The van der Waals surface area contributed by atoms with Gasteiger partial charge in [-0.2, -0.15) is 0 Å². The lowest BCUT2D eigenvalue weighted by molar-refractivity contribution is 0.733. The molecule has 3 heteroatoms. The van der Waals surface area contributed by atoms with E-state index in [9.17, 15) is 0 Å². The Kier molecular flexibility index (Phi) is 6.40. The molecule has 0 aromatic carbocycles. The highest BCUT2D eigenvalue weighted by Crippen LogP contribution is 2.18. The largest absolute Gasteiger partial charge is 0.370 e. The van der Waals surface area contributed by atoms with Gasteiger partial charge in [0.25, 0.3) is 0 Å². The topological polar surface area (TPSA) is 48.8 Å². The van der Waals surface area contributed by atoms with Gasteiger partial charge in [0.1, 0.15) is 5.82 Å². The van der Waals surface area contributed by atoms with Crippen LogP contribution in [0.15, 0.2) is 18.3 Å². The molecule has 1 heterocycles. The summed E-state index contributed by atoms with van der Waals surface area (Å²) in [7, 11) is 0. The molecule has 0 radical (unpaired) electrons. The van der Waals surface area contributed by atoms with Crippen LogP contribution >= 0.6 is 0 Å². The van der Waals surface area contributed by atoms with E-state index in [0.29, 0.717) is 5.71 Å². The molecular weight excluding hydrogens is 222 g/mol. The van der Waals surface area contributed by atoms with Crippen LogP contribution in [0.5, 0.6) is 0 Å². The van der Waals surface area contributed by atoms with E-state index >= 15 is 0 Å². The molecule has 0 aliphatic carbocycles. The highest BCUT2D eigenvalue weighted by Gasteiger charge is 2.13. The van der Waals surface area contributed by atoms with E-state index in [-0.39, 0.29) is 5.92 Å². The molecule has 0 saturated heterocycles. The van der Waals surface area contributed by atoms with Crippen LogP contribution < -0.4 is 5.32 Å². The van der Waals surface area contributed by atoms with Crippen LogP contribution in [0.1, 0.15) is 52.0 Å². The van der Waals surface area contributed by atoms with Crippen molar-refractivity contribution in [2.24, 2.45) is 5.92 Å². The monoisotopic (exact) mass is 247 g/mol. The summed E-state index contributed by atoms with van der Waals surface area (Å²) in [6, 6.07) is 3.90. The Morgan fingerprint density at radius 3 is 2.83 bits per heavy atom. The van der Waals surface area contributed by atoms with Crippen molar-refractivity contribution < 1.29 is 0 Å². The van der Waals surface area contributed by atoms with Gasteiger partial charge in [-0.1, -0.05) is 33.6 Å². The molecule has 0 bridgehead atoms. The SMILES string of the molecule is CCCCCNc1ncccc1C(=N)C(C)CC. The second kappa shape index (κ2) is 7.85. The van der Waals surface area contributed by atoms with Crippen molar-refractivity contribution in [3.8, 4) is 0 Å². The maximum atomic E-state index is 8.21. The zero-order valence-electron chi connectivity index (χ0n) is 11.8. The Hall–Kier alpha value is -1.38. The van der Waals surface area contributed by atoms with Gasteiger partial charge in [-0.05, 0) is 30.9 Å². The molecule has 0 spiro atoms. The fraction of sp³-hybridized carbons (Fsp3) is 0.600. The van der Waals surface area contributed by atoms with Crippen LogP contribution in [0.25, 0.3) is 0 Å². The minimum Gasteiger partial charge on any atom is -0.370 e. The molecule has 1 aromatic rings. The first kappa shape index (κ1) is 14.7. The standard InChI is InChI=1S/C15H25N3/c1-4-6-7-10-17-15-13(9-8-11-18-15)14(16)12(3)5-2/h8-9,11-12,16H,4-7,10H2,1-3H3,(H,17,18). The number of unbranched alkanes of at least 4 members (excludes halogenated alkanes) is 2. The van der Waals surface area contributed by atoms with E-state index in [4.69, 9.17) is 5.41 Å². The lowest BCUT2D eigenvalue weighted by atomic mass is 9.96. The van der Waals surface area contributed by atoms with Gasteiger partial charge in [-0.3, -0.25) is 0 Å². The Morgan fingerprint density at radius 2 is 2.17 bits per heavy atom. The minimum absolute atomic E-state index is 0.283. The van der Waals surface area contributed by atoms with Crippen molar-refractivity contribution in [1.82, 2.24) is 4.98 Å². The van der Waals surface area contributed by atoms with E-state index in [0.717, 1.165) is 30.8 Å². The van der Waals surface area contributed by atoms with Crippen molar-refractivity contribution in [2.75, 3.05) is 11.9 Å². The van der Waals surface area contributed by atoms with Crippen LogP contribution in [-0.2, 0) is 0 Å². The molecule has 1 unspecified atom stereocenters. The lowest BCUT2D eigenvalue weighted by Gasteiger charge is -2.15. The average Bonchev–Trinajstić information content (AvgIpc) is 2.42. The minimum atomic E-state index is 0.283. The molecule has 0 amide bonds. The predicted octanol–water partition coefficient (Wildman–Crippen LogP) is 4.10. The molecule has 1 atom stereocenters. The summed E-state index contributed by atoms with van der Waals surface area (Å²) in [5, 5.41) is 11.6. The summed E-state index contributed by atoms with van der Waals surface area (Å²) >= 11 is 0. The van der Waals surface area contributed by atoms with Crippen LogP contribution in [-0.4, -0.2) is 17.2 Å².